The second-order valence-electron chi connectivity index (χ2n) is 7.88. The van der Waals surface area contributed by atoms with Crippen LogP contribution >= 0.6 is 27.5 Å². The van der Waals surface area contributed by atoms with Gasteiger partial charge < -0.3 is 4.57 Å². The van der Waals surface area contributed by atoms with Crippen molar-refractivity contribution in [1.82, 2.24) is 14.2 Å². The maximum atomic E-state index is 13.1. The van der Waals surface area contributed by atoms with E-state index in [2.05, 4.69) is 49.6 Å². The predicted octanol–water partition coefficient (Wildman–Crippen LogP) is 6.31. The predicted molar refractivity (Wildman–Crippen MR) is 139 cm³/mol. The number of para-hydroxylation sites is 1. The minimum absolute atomic E-state index is 0.201. The molecule has 0 aliphatic rings. The van der Waals surface area contributed by atoms with Crippen molar-refractivity contribution >= 4 is 55.6 Å². The molecule has 5 nitrogen and oxygen atoms in total. The van der Waals surface area contributed by atoms with Crippen LogP contribution in [-0.4, -0.2) is 20.4 Å². The van der Waals surface area contributed by atoms with Gasteiger partial charge in [-0.1, -0.05) is 63.9 Å². The van der Waals surface area contributed by atoms with E-state index in [9.17, 15) is 4.79 Å². The zero-order valence-electron chi connectivity index (χ0n) is 18.1. The lowest BCUT2D eigenvalue weighted by Gasteiger charge is -2.10. The SMILES string of the molecule is Cc1nc2ccc(Br)cc2c(=O)n1N=Cc1c(C)n(Cc2ccccc2Cl)c2ccccc12. The van der Waals surface area contributed by atoms with Gasteiger partial charge >= 0.3 is 0 Å². The number of rotatable bonds is 4. The van der Waals surface area contributed by atoms with Gasteiger partial charge in [0.25, 0.3) is 5.56 Å². The molecular weight excluding hydrogens is 500 g/mol. The first-order valence-corrected chi connectivity index (χ1v) is 11.7. The number of nitrogens with zero attached hydrogens (tertiary/aromatic N) is 4. The Morgan fingerprint density at radius 3 is 2.61 bits per heavy atom. The minimum atomic E-state index is -0.201. The van der Waals surface area contributed by atoms with E-state index < -0.39 is 0 Å². The highest BCUT2D eigenvalue weighted by Crippen LogP contribution is 2.27. The number of benzene rings is 3. The summed E-state index contributed by atoms with van der Waals surface area (Å²) in [6.45, 7) is 4.49. The lowest BCUT2D eigenvalue weighted by atomic mass is 10.1. The van der Waals surface area contributed by atoms with Gasteiger partial charge in [-0.3, -0.25) is 4.79 Å². The molecule has 0 saturated carbocycles. The summed E-state index contributed by atoms with van der Waals surface area (Å²) in [5.74, 6) is 0.531. The smallest absolute Gasteiger partial charge is 0.282 e. The van der Waals surface area contributed by atoms with Gasteiger partial charge in [-0.2, -0.15) is 9.78 Å². The Labute approximate surface area is 204 Å². The highest BCUT2D eigenvalue weighted by molar-refractivity contribution is 9.10. The van der Waals surface area contributed by atoms with Crippen molar-refractivity contribution < 1.29 is 0 Å². The number of fused-ring (bicyclic) bond motifs is 2. The average molecular weight is 520 g/mol. The van der Waals surface area contributed by atoms with Crippen LogP contribution in [0.5, 0.6) is 0 Å². The van der Waals surface area contributed by atoms with Crippen LogP contribution in [0, 0.1) is 13.8 Å². The molecule has 0 saturated heterocycles. The summed E-state index contributed by atoms with van der Waals surface area (Å²) in [5.41, 5.74) is 4.58. The maximum absolute atomic E-state index is 13.1. The number of halogens is 2. The molecule has 7 heteroatoms. The molecule has 33 heavy (non-hydrogen) atoms. The fourth-order valence-electron chi connectivity index (χ4n) is 4.13. The average Bonchev–Trinajstić information content (AvgIpc) is 3.07. The summed E-state index contributed by atoms with van der Waals surface area (Å²) in [7, 11) is 0. The van der Waals surface area contributed by atoms with Crippen molar-refractivity contribution in [3.63, 3.8) is 0 Å². The summed E-state index contributed by atoms with van der Waals surface area (Å²) in [5, 5.41) is 6.88. The molecule has 0 amide bonds. The molecule has 0 N–H and O–H groups in total. The van der Waals surface area contributed by atoms with Gasteiger partial charge in [0, 0.05) is 38.2 Å². The van der Waals surface area contributed by atoms with E-state index in [1.54, 1.807) is 19.2 Å². The van der Waals surface area contributed by atoms with Crippen LogP contribution in [-0.2, 0) is 6.54 Å². The van der Waals surface area contributed by atoms with Crippen molar-refractivity contribution in [2.75, 3.05) is 0 Å². The van der Waals surface area contributed by atoms with E-state index in [0.29, 0.717) is 23.3 Å². The highest BCUT2D eigenvalue weighted by atomic mass is 79.9. The maximum Gasteiger partial charge on any atom is 0.282 e. The molecule has 0 bridgehead atoms. The van der Waals surface area contributed by atoms with Gasteiger partial charge in [-0.05, 0) is 49.7 Å². The second-order valence-corrected chi connectivity index (χ2v) is 9.20. The highest BCUT2D eigenvalue weighted by Gasteiger charge is 2.14. The van der Waals surface area contributed by atoms with Gasteiger partial charge in [0.1, 0.15) is 5.82 Å². The molecule has 0 atom stereocenters. The Hall–Kier alpha value is -3.22. The van der Waals surface area contributed by atoms with Gasteiger partial charge in [0.05, 0.1) is 17.1 Å². The first kappa shape index (κ1) is 21.6. The van der Waals surface area contributed by atoms with Crippen LogP contribution in [0.3, 0.4) is 0 Å². The Balaban J connectivity index is 1.64. The Morgan fingerprint density at radius 1 is 1.03 bits per heavy atom. The normalized spacial score (nSPS) is 11.8. The molecule has 2 heterocycles. The number of aryl methyl sites for hydroxylation is 1. The lowest BCUT2D eigenvalue weighted by Crippen LogP contribution is -2.20. The third-order valence-corrected chi connectivity index (χ3v) is 6.70. The zero-order valence-corrected chi connectivity index (χ0v) is 20.4. The van der Waals surface area contributed by atoms with E-state index in [1.165, 1.54) is 4.68 Å². The minimum Gasteiger partial charge on any atom is -0.340 e. The summed E-state index contributed by atoms with van der Waals surface area (Å²) < 4.78 is 4.41. The van der Waals surface area contributed by atoms with Crippen LogP contribution in [0.4, 0.5) is 0 Å². The molecule has 3 aromatic carbocycles. The number of hydrogen-bond donors (Lipinski definition) is 0. The van der Waals surface area contributed by atoms with Crippen molar-refractivity contribution in [3.05, 3.63) is 109 Å². The fourth-order valence-corrected chi connectivity index (χ4v) is 4.69. The third-order valence-electron chi connectivity index (χ3n) is 5.84. The van der Waals surface area contributed by atoms with Crippen molar-refractivity contribution in [3.8, 4) is 0 Å². The number of hydrogen-bond acceptors (Lipinski definition) is 3. The van der Waals surface area contributed by atoms with E-state index in [0.717, 1.165) is 37.2 Å². The summed E-state index contributed by atoms with van der Waals surface area (Å²) in [4.78, 5) is 17.7. The van der Waals surface area contributed by atoms with Crippen LogP contribution in [0.2, 0.25) is 5.02 Å². The molecule has 0 spiro atoms. The topological polar surface area (TPSA) is 52.2 Å². The second kappa shape index (κ2) is 8.61. The van der Waals surface area contributed by atoms with E-state index in [4.69, 9.17) is 11.6 Å². The number of aromatic nitrogens is 3. The first-order chi connectivity index (χ1) is 15.9. The van der Waals surface area contributed by atoms with Gasteiger partial charge in [-0.15, -0.1) is 0 Å². The standard InChI is InChI=1S/C26H20BrClN4O/c1-16-22(14-29-32-17(2)30-24-12-11-19(27)13-21(24)26(32)33)20-8-4-6-10-25(20)31(16)15-18-7-3-5-9-23(18)28/h3-14H,15H2,1-2H3. The van der Waals surface area contributed by atoms with E-state index in [1.807, 2.05) is 48.5 Å². The van der Waals surface area contributed by atoms with Crippen LogP contribution < -0.4 is 5.56 Å². The molecule has 5 rings (SSSR count). The first-order valence-electron chi connectivity index (χ1n) is 10.5. The summed E-state index contributed by atoms with van der Waals surface area (Å²) >= 11 is 9.86. The quantitative estimate of drug-likeness (QED) is 0.261. The summed E-state index contributed by atoms with van der Waals surface area (Å²) in [6.07, 6.45) is 1.75. The van der Waals surface area contributed by atoms with Crippen molar-refractivity contribution in [2.45, 2.75) is 20.4 Å². The fraction of sp³-hybridized carbons (Fsp3) is 0.115. The van der Waals surface area contributed by atoms with E-state index >= 15 is 0 Å². The lowest BCUT2D eigenvalue weighted by molar-refractivity contribution is 0.769. The Morgan fingerprint density at radius 2 is 1.79 bits per heavy atom. The Kier molecular flexibility index (Phi) is 5.64. The molecule has 5 aromatic rings. The van der Waals surface area contributed by atoms with Gasteiger partial charge in [-0.25, -0.2) is 4.98 Å². The van der Waals surface area contributed by atoms with Gasteiger partial charge in [0.2, 0.25) is 0 Å². The monoisotopic (exact) mass is 518 g/mol. The molecule has 0 fully saturated rings. The Bertz CT molecular complexity index is 1620. The molecule has 0 radical (unpaired) electrons. The third kappa shape index (κ3) is 3.90. The molecule has 0 aliphatic heterocycles. The summed E-state index contributed by atoms with van der Waals surface area (Å²) in [6, 6.07) is 21.5. The zero-order chi connectivity index (χ0) is 23.1. The van der Waals surface area contributed by atoms with Crippen LogP contribution in [0.15, 0.2) is 81.1 Å². The van der Waals surface area contributed by atoms with Crippen molar-refractivity contribution in [2.24, 2.45) is 5.10 Å². The molecule has 0 aliphatic carbocycles. The van der Waals surface area contributed by atoms with Crippen LogP contribution in [0.1, 0.15) is 22.6 Å². The van der Waals surface area contributed by atoms with Crippen molar-refractivity contribution in [1.29, 1.82) is 0 Å². The molecule has 2 aromatic heterocycles. The van der Waals surface area contributed by atoms with E-state index in [-0.39, 0.29) is 5.56 Å². The molecule has 164 valence electrons. The van der Waals surface area contributed by atoms with Crippen LogP contribution in [0.25, 0.3) is 21.8 Å². The van der Waals surface area contributed by atoms with Gasteiger partial charge in [0.15, 0.2) is 0 Å². The largest absolute Gasteiger partial charge is 0.340 e. The molecular formula is C26H20BrClN4O. The molecule has 0 unspecified atom stereocenters.